The van der Waals surface area contributed by atoms with Gasteiger partial charge in [-0.15, -0.1) is 6.42 Å². The maximum absolute atomic E-state index is 12.2. The van der Waals surface area contributed by atoms with Crippen molar-refractivity contribution >= 4 is 5.91 Å². The summed E-state index contributed by atoms with van der Waals surface area (Å²) in [6.07, 6.45) is 8.69. The predicted molar refractivity (Wildman–Crippen MR) is 72.9 cm³/mol. The number of carbonyl (C=O) groups is 1. The summed E-state index contributed by atoms with van der Waals surface area (Å²) in [6.45, 7) is 8.72. The van der Waals surface area contributed by atoms with E-state index in [1.54, 1.807) is 0 Å². The molecule has 1 aliphatic heterocycles. The van der Waals surface area contributed by atoms with Gasteiger partial charge in [-0.1, -0.05) is 26.7 Å². The van der Waals surface area contributed by atoms with Crippen molar-refractivity contribution in [3.8, 4) is 12.3 Å². The van der Waals surface area contributed by atoms with E-state index in [-0.39, 0.29) is 5.91 Å². The van der Waals surface area contributed by atoms with Gasteiger partial charge in [-0.05, 0) is 30.1 Å². The second kappa shape index (κ2) is 4.59. The van der Waals surface area contributed by atoms with Crippen LogP contribution in [0.15, 0.2) is 0 Å². The van der Waals surface area contributed by atoms with Crippen molar-refractivity contribution in [1.82, 2.24) is 10.2 Å². The monoisotopic (exact) mass is 248 g/mol. The molecule has 1 saturated heterocycles. The molecule has 2 fully saturated rings. The molecule has 2 atom stereocenters. The highest BCUT2D eigenvalue weighted by atomic mass is 16.2. The Hall–Kier alpha value is -1.01. The molecular weight excluding hydrogens is 224 g/mol. The lowest BCUT2D eigenvalue weighted by Gasteiger charge is -2.39. The number of nitrogens with zero attached hydrogens (tertiary/aromatic N) is 1. The van der Waals surface area contributed by atoms with E-state index in [0.29, 0.717) is 30.0 Å². The Bertz CT molecular complexity index is 382. The number of likely N-dealkylation sites (tertiary alicyclic amines) is 1. The van der Waals surface area contributed by atoms with E-state index in [4.69, 9.17) is 6.42 Å². The van der Waals surface area contributed by atoms with Gasteiger partial charge in [0.25, 0.3) is 0 Å². The van der Waals surface area contributed by atoms with Crippen molar-refractivity contribution in [3.63, 3.8) is 0 Å². The molecule has 3 heteroatoms. The Morgan fingerprint density at radius 1 is 1.44 bits per heavy atom. The van der Waals surface area contributed by atoms with Gasteiger partial charge < -0.3 is 4.90 Å². The van der Waals surface area contributed by atoms with Gasteiger partial charge in [0.15, 0.2) is 0 Å². The average Bonchev–Trinajstić information content (AvgIpc) is 2.48. The van der Waals surface area contributed by atoms with Gasteiger partial charge in [0, 0.05) is 12.6 Å². The van der Waals surface area contributed by atoms with Crippen LogP contribution in [0.3, 0.4) is 0 Å². The Labute approximate surface area is 110 Å². The SMILES string of the molecule is C#CCNCC(=O)N1CC2(C)CC1CC(C)(C)C2. The summed E-state index contributed by atoms with van der Waals surface area (Å²) in [7, 11) is 0. The van der Waals surface area contributed by atoms with E-state index in [2.05, 4.69) is 36.9 Å². The molecule has 0 aromatic rings. The number of terminal acetylenes is 1. The molecule has 1 saturated carbocycles. The standard InChI is InChI=1S/C15H24N2O/c1-5-6-16-9-13(18)17-11-15(4)8-12(17)7-14(2,3)10-15/h1,12,16H,6-11H2,2-4H3. The molecule has 1 N–H and O–H groups in total. The fourth-order valence-corrected chi connectivity index (χ4v) is 4.09. The lowest BCUT2D eigenvalue weighted by atomic mass is 9.65. The highest BCUT2D eigenvalue weighted by Crippen LogP contribution is 2.52. The third-order valence-corrected chi connectivity index (χ3v) is 4.24. The maximum Gasteiger partial charge on any atom is 0.236 e. The number of carbonyl (C=O) groups excluding carboxylic acids is 1. The van der Waals surface area contributed by atoms with Crippen molar-refractivity contribution in [3.05, 3.63) is 0 Å². The molecular formula is C15H24N2O. The largest absolute Gasteiger partial charge is 0.338 e. The molecule has 0 spiro atoms. The number of hydrogen-bond acceptors (Lipinski definition) is 2. The van der Waals surface area contributed by atoms with Gasteiger partial charge in [-0.25, -0.2) is 0 Å². The molecule has 3 nitrogen and oxygen atoms in total. The first kappa shape index (κ1) is 13.4. The minimum Gasteiger partial charge on any atom is -0.338 e. The van der Waals surface area contributed by atoms with E-state index in [9.17, 15) is 4.79 Å². The van der Waals surface area contributed by atoms with Crippen molar-refractivity contribution in [2.75, 3.05) is 19.6 Å². The van der Waals surface area contributed by atoms with Gasteiger partial charge >= 0.3 is 0 Å². The normalized spacial score (nSPS) is 33.2. The molecule has 2 unspecified atom stereocenters. The quantitative estimate of drug-likeness (QED) is 0.608. The van der Waals surface area contributed by atoms with Crippen molar-refractivity contribution in [2.24, 2.45) is 10.8 Å². The number of hydrogen-bond donors (Lipinski definition) is 1. The van der Waals surface area contributed by atoms with Crippen LogP contribution in [0.25, 0.3) is 0 Å². The zero-order valence-electron chi connectivity index (χ0n) is 11.8. The second-order valence-corrected chi connectivity index (χ2v) is 7.04. The van der Waals surface area contributed by atoms with Crippen LogP contribution in [0.2, 0.25) is 0 Å². The molecule has 1 aliphatic carbocycles. The van der Waals surface area contributed by atoms with Crippen LogP contribution in [-0.4, -0.2) is 36.5 Å². The summed E-state index contributed by atoms with van der Waals surface area (Å²) < 4.78 is 0. The van der Waals surface area contributed by atoms with E-state index < -0.39 is 0 Å². The number of amides is 1. The Kier molecular flexibility index (Phi) is 3.42. The van der Waals surface area contributed by atoms with Gasteiger partial charge in [0.1, 0.15) is 0 Å². The van der Waals surface area contributed by atoms with Gasteiger partial charge in [0.05, 0.1) is 13.1 Å². The molecule has 2 aliphatic rings. The Morgan fingerprint density at radius 3 is 2.83 bits per heavy atom. The first-order chi connectivity index (χ1) is 8.35. The molecule has 18 heavy (non-hydrogen) atoms. The van der Waals surface area contributed by atoms with Crippen molar-refractivity contribution < 1.29 is 4.79 Å². The van der Waals surface area contributed by atoms with Crippen LogP contribution in [0.1, 0.15) is 40.0 Å². The number of nitrogens with one attached hydrogen (secondary N) is 1. The van der Waals surface area contributed by atoms with E-state index >= 15 is 0 Å². The van der Waals surface area contributed by atoms with E-state index in [1.807, 2.05) is 0 Å². The summed E-state index contributed by atoms with van der Waals surface area (Å²) in [6, 6.07) is 0.430. The molecule has 0 aromatic carbocycles. The minimum atomic E-state index is 0.205. The zero-order chi connectivity index (χ0) is 13.4. The van der Waals surface area contributed by atoms with Crippen molar-refractivity contribution in [2.45, 2.75) is 46.1 Å². The summed E-state index contributed by atoms with van der Waals surface area (Å²) in [5, 5.41) is 3.00. The molecule has 2 bridgehead atoms. The predicted octanol–water partition coefficient (Wildman–Crippen LogP) is 1.64. The maximum atomic E-state index is 12.2. The van der Waals surface area contributed by atoms with Crippen LogP contribution in [-0.2, 0) is 4.79 Å². The lowest BCUT2D eigenvalue weighted by molar-refractivity contribution is -0.131. The van der Waals surface area contributed by atoms with Gasteiger partial charge in [-0.2, -0.15) is 0 Å². The van der Waals surface area contributed by atoms with E-state index in [1.165, 1.54) is 6.42 Å². The van der Waals surface area contributed by atoms with Gasteiger partial charge in [-0.3, -0.25) is 10.1 Å². The molecule has 100 valence electrons. The molecule has 0 radical (unpaired) electrons. The average molecular weight is 248 g/mol. The van der Waals surface area contributed by atoms with Crippen LogP contribution in [0, 0.1) is 23.2 Å². The summed E-state index contributed by atoms with van der Waals surface area (Å²) >= 11 is 0. The molecule has 0 aromatic heterocycles. The molecule has 1 amide bonds. The minimum absolute atomic E-state index is 0.205. The van der Waals surface area contributed by atoms with Crippen LogP contribution < -0.4 is 5.32 Å². The van der Waals surface area contributed by atoms with E-state index in [0.717, 1.165) is 19.4 Å². The van der Waals surface area contributed by atoms with Gasteiger partial charge in [0.2, 0.25) is 5.91 Å². The first-order valence-electron chi connectivity index (χ1n) is 6.79. The summed E-state index contributed by atoms with van der Waals surface area (Å²) in [5.41, 5.74) is 0.674. The lowest BCUT2D eigenvalue weighted by Crippen LogP contribution is -2.42. The fourth-order valence-electron chi connectivity index (χ4n) is 4.09. The summed E-state index contributed by atoms with van der Waals surface area (Å²) in [5.74, 6) is 2.70. The van der Waals surface area contributed by atoms with Crippen molar-refractivity contribution in [1.29, 1.82) is 0 Å². The Balaban J connectivity index is 2.00. The third kappa shape index (κ3) is 2.70. The van der Waals surface area contributed by atoms with Crippen LogP contribution in [0.4, 0.5) is 0 Å². The summed E-state index contributed by atoms with van der Waals surface area (Å²) in [4.78, 5) is 14.3. The number of fused-ring (bicyclic) bond motifs is 2. The number of rotatable bonds is 3. The third-order valence-electron chi connectivity index (χ3n) is 4.24. The van der Waals surface area contributed by atoms with Crippen LogP contribution >= 0.6 is 0 Å². The topological polar surface area (TPSA) is 32.3 Å². The first-order valence-corrected chi connectivity index (χ1v) is 6.79. The van der Waals surface area contributed by atoms with Crippen LogP contribution in [0.5, 0.6) is 0 Å². The highest BCUT2D eigenvalue weighted by molar-refractivity contribution is 5.79. The smallest absolute Gasteiger partial charge is 0.236 e. The second-order valence-electron chi connectivity index (χ2n) is 7.04. The highest BCUT2D eigenvalue weighted by Gasteiger charge is 2.50. The molecule has 1 heterocycles. The fraction of sp³-hybridized carbons (Fsp3) is 0.800. The Morgan fingerprint density at radius 2 is 2.17 bits per heavy atom. The zero-order valence-corrected chi connectivity index (χ0v) is 11.8. The molecule has 2 rings (SSSR count).